The highest BCUT2D eigenvalue weighted by Crippen LogP contribution is 2.31. The molecule has 0 radical (unpaired) electrons. The van der Waals surface area contributed by atoms with Crippen LogP contribution in [0, 0.1) is 0 Å². The molecule has 0 aliphatic heterocycles. The van der Waals surface area contributed by atoms with Crippen LogP contribution in [0.2, 0.25) is 10.0 Å². The van der Waals surface area contributed by atoms with Crippen LogP contribution < -0.4 is 5.32 Å². The van der Waals surface area contributed by atoms with Crippen LogP contribution in [0.4, 0.5) is 5.69 Å². The number of furan rings is 1. The molecule has 1 N–H and O–H groups in total. The molecule has 0 saturated heterocycles. The number of benzene rings is 2. The molecular weight excluding hydrogens is 443 g/mol. The van der Waals surface area contributed by atoms with Gasteiger partial charge in [-0.15, -0.1) is 10.2 Å². The van der Waals surface area contributed by atoms with Crippen molar-refractivity contribution in [1.82, 2.24) is 14.8 Å². The van der Waals surface area contributed by atoms with Gasteiger partial charge in [0.15, 0.2) is 10.9 Å². The summed E-state index contributed by atoms with van der Waals surface area (Å²) in [6.45, 7) is 1.79. The molecule has 1 atom stereocenters. The zero-order valence-electron chi connectivity index (χ0n) is 15.8. The summed E-state index contributed by atoms with van der Waals surface area (Å²) in [4.78, 5) is 12.8. The number of carbonyl (C=O) groups excluding carboxylic acids is 1. The van der Waals surface area contributed by atoms with Crippen molar-refractivity contribution in [2.45, 2.75) is 17.3 Å². The lowest BCUT2D eigenvalue weighted by atomic mass is 10.3. The molecule has 0 bridgehead atoms. The quantitative estimate of drug-likeness (QED) is 0.361. The number of thioether (sulfide) groups is 1. The van der Waals surface area contributed by atoms with Crippen LogP contribution in [0.5, 0.6) is 0 Å². The van der Waals surface area contributed by atoms with E-state index in [-0.39, 0.29) is 5.91 Å². The van der Waals surface area contributed by atoms with E-state index >= 15 is 0 Å². The maximum Gasteiger partial charge on any atom is 0.237 e. The van der Waals surface area contributed by atoms with E-state index in [1.165, 1.54) is 11.8 Å². The molecule has 0 aliphatic rings. The van der Waals surface area contributed by atoms with Gasteiger partial charge in [-0.2, -0.15) is 0 Å². The topological polar surface area (TPSA) is 73.0 Å². The first-order valence-electron chi connectivity index (χ1n) is 9.00. The molecule has 0 saturated carbocycles. The predicted molar refractivity (Wildman–Crippen MR) is 119 cm³/mol. The summed E-state index contributed by atoms with van der Waals surface area (Å²) < 4.78 is 7.37. The molecule has 6 nitrogen and oxygen atoms in total. The van der Waals surface area contributed by atoms with Gasteiger partial charge in [0, 0.05) is 10.7 Å². The minimum absolute atomic E-state index is 0.230. The second-order valence-electron chi connectivity index (χ2n) is 6.33. The highest BCUT2D eigenvalue weighted by atomic mass is 35.5. The number of hydrogen-bond donors (Lipinski definition) is 1. The van der Waals surface area contributed by atoms with E-state index in [2.05, 4.69) is 15.5 Å². The lowest BCUT2D eigenvalue weighted by Crippen LogP contribution is -2.23. The lowest BCUT2D eigenvalue weighted by molar-refractivity contribution is -0.115. The van der Waals surface area contributed by atoms with Crippen molar-refractivity contribution in [3.05, 3.63) is 77.0 Å². The van der Waals surface area contributed by atoms with Gasteiger partial charge < -0.3 is 9.73 Å². The van der Waals surface area contributed by atoms with Crippen molar-refractivity contribution in [2.24, 2.45) is 0 Å². The summed E-state index contributed by atoms with van der Waals surface area (Å²) >= 11 is 13.4. The van der Waals surface area contributed by atoms with Gasteiger partial charge in [0.25, 0.3) is 0 Å². The lowest BCUT2D eigenvalue weighted by Gasteiger charge is -2.14. The maximum atomic E-state index is 12.8. The van der Waals surface area contributed by atoms with Crippen LogP contribution in [-0.4, -0.2) is 25.9 Å². The average molecular weight is 459 g/mol. The van der Waals surface area contributed by atoms with E-state index in [0.29, 0.717) is 32.5 Å². The number of nitrogens with zero attached hydrogens (tertiary/aromatic N) is 3. The summed E-state index contributed by atoms with van der Waals surface area (Å²) in [5.74, 6) is 0.909. The van der Waals surface area contributed by atoms with Crippen LogP contribution in [0.3, 0.4) is 0 Å². The number of para-hydroxylation sites is 1. The second-order valence-corrected chi connectivity index (χ2v) is 8.48. The van der Waals surface area contributed by atoms with Crippen molar-refractivity contribution >= 4 is 46.6 Å². The molecule has 152 valence electrons. The van der Waals surface area contributed by atoms with E-state index in [9.17, 15) is 4.79 Å². The Bertz CT molecular complexity index is 1160. The number of hydrogen-bond acceptors (Lipinski definition) is 5. The minimum Gasteiger partial charge on any atom is -0.461 e. The Morgan fingerprint density at radius 3 is 2.63 bits per heavy atom. The standard InChI is InChI=1S/C21H16Cl2N4O2S/c1-13(20(28)24-17-12-14(22)9-10-16(17)23)30-21-26-25-19(18-8-5-11-29-18)27(21)15-6-3-2-4-7-15/h2-13H,1H3,(H,24,28)/t13-/m0/s1. The van der Waals surface area contributed by atoms with E-state index < -0.39 is 5.25 Å². The first-order chi connectivity index (χ1) is 14.5. The van der Waals surface area contributed by atoms with Gasteiger partial charge in [-0.3, -0.25) is 9.36 Å². The Balaban J connectivity index is 1.61. The molecule has 2 heterocycles. The van der Waals surface area contributed by atoms with Crippen LogP contribution in [-0.2, 0) is 4.79 Å². The number of aromatic nitrogens is 3. The van der Waals surface area contributed by atoms with Gasteiger partial charge in [-0.05, 0) is 49.4 Å². The van der Waals surface area contributed by atoms with Gasteiger partial charge in [-0.25, -0.2) is 0 Å². The highest BCUT2D eigenvalue weighted by Gasteiger charge is 2.23. The third-order valence-corrected chi connectivity index (χ3v) is 5.83. The van der Waals surface area contributed by atoms with E-state index in [0.717, 1.165) is 5.69 Å². The molecule has 1 amide bonds. The van der Waals surface area contributed by atoms with Crippen molar-refractivity contribution in [3.8, 4) is 17.3 Å². The number of amides is 1. The Hall–Kier alpha value is -2.74. The Morgan fingerprint density at radius 1 is 1.10 bits per heavy atom. The molecule has 0 aliphatic carbocycles. The first kappa shape index (κ1) is 20.5. The Kier molecular flexibility index (Phi) is 6.13. The van der Waals surface area contributed by atoms with Gasteiger partial charge in [0.2, 0.25) is 11.7 Å². The third kappa shape index (κ3) is 4.38. The molecule has 0 unspecified atom stereocenters. The van der Waals surface area contributed by atoms with Crippen molar-refractivity contribution in [1.29, 1.82) is 0 Å². The average Bonchev–Trinajstić information content (AvgIpc) is 3.41. The van der Waals surface area contributed by atoms with Gasteiger partial charge in [-0.1, -0.05) is 53.2 Å². The fourth-order valence-electron chi connectivity index (χ4n) is 2.76. The molecule has 4 rings (SSSR count). The fourth-order valence-corrected chi connectivity index (χ4v) is 3.97. The number of halogens is 2. The van der Waals surface area contributed by atoms with Gasteiger partial charge in [0.1, 0.15) is 0 Å². The summed E-state index contributed by atoms with van der Waals surface area (Å²) in [6.07, 6.45) is 1.58. The maximum absolute atomic E-state index is 12.8. The summed E-state index contributed by atoms with van der Waals surface area (Å²) in [6, 6.07) is 18.2. The van der Waals surface area contributed by atoms with Gasteiger partial charge in [0.05, 0.1) is 22.2 Å². The largest absolute Gasteiger partial charge is 0.461 e. The zero-order chi connectivity index (χ0) is 21.1. The molecule has 2 aromatic carbocycles. The van der Waals surface area contributed by atoms with Crippen molar-refractivity contribution < 1.29 is 9.21 Å². The van der Waals surface area contributed by atoms with E-state index in [4.69, 9.17) is 27.6 Å². The molecule has 30 heavy (non-hydrogen) atoms. The van der Waals surface area contributed by atoms with Crippen LogP contribution in [0.25, 0.3) is 17.3 Å². The highest BCUT2D eigenvalue weighted by molar-refractivity contribution is 8.00. The molecule has 9 heteroatoms. The predicted octanol–water partition coefficient (Wildman–Crippen LogP) is 5.95. The van der Waals surface area contributed by atoms with Crippen molar-refractivity contribution in [3.63, 3.8) is 0 Å². The monoisotopic (exact) mass is 458 g/mol. The number of anilines is 1. The molecule has 0 fully saturated rings. The number of carbonyl (C=O) groups is 1. The second kappa shape index (κ2) is 8.95. The fraction of sp³-hybridized carbons (Fsp3) is 0.0952. The molecule has 4 aromatic rings. The summed E-state index contributed by atoms with van der Waals surface area (Å²) in [7, 11) is 0. The zero-order valence-corrected chi connectivity index (χ0v) is 18.1. The van der Waals surface area contributed by atoms with Crippen LogP contribution in [0.1, 0.15) is 6.92 Å². The van der Waals surface area contributed by atoms with Crippen LogP contribution >= 0.6 is 35.0 Å². The number of rotatable bonds is 6. The first-order valence-corrected chi connectivity index (χ1v) is 10.6. The smallest absolute Gasteiger partial charge is 0.237 e. The van der Waals surface area contributed by atoms with Crippen molar-refractivity contribution in [2.75, 3.05) is 5.32 Å². The normalized spacial score (nSPS) is 12.0. The number of nitrogens with one attached hydrogen (secondary N) is 1. The molecule has 2 aromatic heterocycles. The van der Waals surface area contributed by atoms with E-state index in [1.807, 2.05) is 41.0 Å². The van der Waals surface area contributed by atoms with Gasteiger partial charge >= 0.3 is 0 Å². The summed E-state index contributed by atoms with van der Waals surface area (Å²) in [5.41, 5.74) is 1.32. The SMILES string of the molecule is C[C@H](Sc1nnc(-c2ccco2)n1-c1ccccc1)C(=O)Nc1cc(Cl)ccc1Cl. The summed E-state index contributed by atoms with van der Waals surface area (Å²) in [5, 5.41) is 12.4. The Labute approximate surface area is 187 Å². The van der Waals surface area contributed by atoms with Crippen LogP contribution in [0.15, 0.2) is 76.5 Å². The minimum atomic E-state index is -0.476. The Morgan fingerprint density at radius 2 is 1.90 bits per heavy atom. The van der Waals surface area contributed by atoms with E-state index in [1.54, 1.807) is 37.5 Å². The molecule has 0 spiro atoms. The third-order valence-electron chi connectivity index (χ3n) is 4.23. The molecular formula is C21H16Cl2N4O2S.